The van der Waals surface area contributed by atoms with Gasteiger partial charge in [0.05, 0.1) is 0 Å². The summed E-state index contributed by atoms with van der Waals surface area (Å²) in [7, 11) is 0. The van der Waals surface area contributed by atoms with Crippen LogP contribution in [-0.2, 0) is 0 Å². The maximum absolute atomic E-state index is 6.88. The van der Waals surface area contributed by atoms with Gasteiger partial charge in [-0.1, -0.05) is 194 Å². The first-order valence-electron chi connectivity index (χ1n) is 21.2. The molecule has 0 aliphatic carbocycles. The third kappa shape index (κ3) is 6.62. The normalized spacial score (nSPS) is 11.5. The summed E-state index contributed by atoms with van der Waals surface area (Å²) < 4.78 is 6.88. The van der Waals surface area contributed by atoms with Crippen molar-refractivity contribution < 1.29 is 4.42 Å². The van der Waals surface area contributed by atoms with Crippen molar-refractivity contribution in [2.75, 3.05) is 0 Å². The van der Waals surface area contributed by atoms with E-state index in [2.05, 4.69) is 212 Å². The van der Waals surface area contributed by atoms with Crippen LogP contribution in [0, 0.1) is 0 Å². The third-order valence-corrected chi connectivity index (χ3v) is 12.1. The van der Waals surface area contributed by atoms with Crippen molar-refractivity contribution in [1.29, 1.82) is 0 Å². The fourth-order valence-corrected chi connectivity index (χ4v) is 9.00. The van der Waals surface area contributed by atoms with Crippen LogP contribution < -0.4 is 0 Å². The number of fused-ring (bicyclic) bond motifs is 5. The fourth-order valence-electron chi connectivity index (χ4n) is 9.00. The molecule has 0 atom stereocenters. The molecule has 0 bridgehead atoms. The number of hydrogen-bond acceptors (Lipinski definition) is 4. The molecule has 12 aromatic rings. The molecule has 0 aliphatic rings. The van der Waals surface area contributed by atoms with Gasteiger partial charge in [-0.05, 0) is 90.8 Å². The lowest BCUT2D eigenvalue weighted by atomic mass is 9.92. The van der Waals surface area contributed by atoms with Gasteiger partial charge in [-0.15, -0.1) is 0 Å². The van der Waals surface area contributed by atoms with Crippen LogP contribution in [0.3, 0.4) is 0 Å². The second-order valence-electron chi connectivity index (χ2n) is 16.0. The van der Waals surface area contributed by atoms with E-state index in [9.17, 15) is 0 Å². The number of nitrogens with zero attached hydrogens (tertiary/aromatic N) is 3. The molecule has 0 amide bonds. The molecule has 294 valence electrons. The molecule has 2 heterocycles. The molecule has 10 aromatic carbocycles. The summed E-state index contributed by atoms with van der Waals surface area (Å²) in [6.45, 7) is 0. The molecule has 4 nitrogen and oxygen atoms in total. The predicted octanol–water partition coefficient (Wildman–Crippen LogP) is 15.7. The molecule has 0 spiro atoms. The zero-order valence-corrected chi connectivity index (χ0v) is 34.1. The van der Waals surface area contributed by atoms with E-state index >= 15 is 0 Å². The molecule has 12 rings (SSSR count). The van der Waals surface area contributed by atoms with Crippen LogP contribution in [0.15, 0.2) is 229 Å². The van der Waals surface area contributed by atoms with Crippen molar-refractivity contribution in [2.45, 2.75) is 0 Å². The summed E-state index contributed by atoms with van der Waals surface area (Å²) in [6, 6.07) is 78.8. The first-order chi connectivity index (χ1) is 31.2. The number of hydrogen-bond donors (Lipinski definition) is 0. The van der Waals surface area contributed by atoms with Gasteiger partial charge in [0.2, 0.25) is 0 Å². The Morgan fingerprint density at radius 1 is 0.270 bits per heavy atom. The quantitative estimate of drug-likeness (QED) is 0.161. The summed E-state index contributed by atoms with van der Waals surface area (Å²) in [6.07, 6.45) is 0. The zero-order valence-electron chi connectivity index (χ0n) is 34.1. The number of rotatable bonds is 7. The largest absolute Gasteiger partial charge is 0.455 e. The van der Waals surface area contributed by atoms with Crippen LogP contribution in [0.5, 0.6) is 0 Å². The first kappa shape index (κ1) is 36.4. The van der Waals surface area contributed by atoms with Gasteiger partial charge in [0, 0.05) is 33.0 Å². The van der Waals surface area contributed by atoms with Crippen molar-refractivity contribution in [3.63, 3.8) is 0 Å². The van der Waals surface area contributed by atoms with Crippen molar-refractivity contribution in [2.24, 2.45) is 0 Å². The highest BCUT2D eigenvalue weighted by Gasteiger charge is 2.21. The topological polar surface area (TPSA) is 51.8 Å². The summed E-state index contributed by atoms with van der Waals surface area (Å²) >= 11 is 0. The van der Waals surface area contributed by atoms with Gasteiger partial charge < -0.3 is 4.42 Å². The van der Waals surface area contributed by atoms with E-state index in [1.54, 1.807) is 0 Å². The first-order valence-corrected chi connectivity index (χ1v) is 21.2. The maximum Gasteiger partial charge on any atom is 0.164 e. The molecule has 0 unspecified atom stereocenters. The predicted molar refractivity (Wildman–Crippen MR) is 260 cm³/mol. The van der Waals surface area contributed by atoms with Crippen molar-refractivity contribution in [3.05, 3.63) is 224 Å². The monoisotopic (exact) mass is 803 g/mol. The van der Waals surface area contributed by atoms with Crippen LogP contribution in [0.2, 0.25) is 0 Å². The fraction of sp³-hybridized carbons (Fsp3) is 0. The summed E-state index contributed by atoms with van der Waals surface area (Å²) in [5, 5.41) is 6.68. The Kier molecular flexibility index (Phi) is 8.79. The minimum atomic E-state index is 0.581. The van der Waals surface area contributed by atoms with Crippen LogP contribution in [0.25, 0.3) is 122 Å². The number of aromatic nitrogens is 3. The minimum Gasteiger partial charge on any atom is -0.455 e. The molecule has 4 heteroatoms. The van der Waals surface area contributed by atoms with E-state index in [1.807, 2.05) is 12.1 Å². The van der Waals surface area contributed by atoms with Gasteiger partial charge in [-0.25, -0.2) is 15.0 Å². The molecule has 0 saturated heterocycles. The average Bonchev–Trinajstić information content (AvgIpc) is 3.76. The summed E-state index contributed by atoms with van der Waals surface area (Å²) in [5.41, 5.74) is 13.3. The number of furan rings is 1. The van der Waals surface area contributed by atoms with Gasteiger partial charge >= 0.3 is 0 Å². The highest BCUT2D eigenvalue weighted by atomic mass is 16.3. The molecule has 0 fully saturated rings. The van der Waals surface area contributed by atoms with E-state index in [-0.39, 0.29) is 0 Å². The van der Waals surface area contributed by atoms with Crippen LogP contribution >= 0.6 is 0 Å². The molecule has 0 saturated carbocycles. The SMILES string of the molecule is c1ccc(-c2cc(-c3ccccc3)cc(-c3cccc4c3oc3cccc(-c5nc(-c6ccc(-c7cccc8ccccc78)cc6)nc(-c6ccc7ccccc7c6)n5)c34)c2)cc1. The molecular formula is C59H37N3O. The lowest BCUT2D eigenvalue weighted by molar-refractivity contribution is 0.670. The summed E-state index contributed by atoms with van der Waals surface area (Å²) in [4.78, 5) is 15.7. The standard InChI is InChI=1S/C59H37N3O/c1-3-14-38(15-4-1)46-35-47(39-16-5-2-6-17-39)37-48(36-46)51-24-12-25-52-55-53(26-13-27-54(55)63-56(51)52)59-61-57(60-58(62-59)45-33-28-40-18-7-8-20-44(40)34-45)43-31-29-42(30-32-43)50-23-11-21-41-19-9-10-22-49(41)50/h1-37H. The number of para-hydroxylation sites is 1. The Bertz CT molecular complexity index is 3610. The Hall–Kier alpha value is -8.47. The lowest BCUT2D eigenvalue weighted by Crippen LogP contribution is -2.00. The third-order valence-electron chi connectivity index (χ3n) is 12.1. The van der Waals surface area contributed by atoms with Crippen LogP contribution in [-0.4, -0.2) is 15.0 Å². The highest BCUT2D eigenvalue weighted by molar-refractivity contribution is 6.15. The van der Waals surface area contributed by atoms with Gasteiger partial charge in [0.15, 0.2) is 17.5 Å². The van der Waals surface area contributed by atoms with Gasteiger partial charge in [0.25, 0.3) is 0 Å². The van der Waals surface area contributed by atoms with E-state index in [0.717, 1.165) is 88.3 Å². The second-order valence-corrected chi connectivity index (χ2v) is 16.0. The smallest absolute Gasteiger partial charge is 0.164 e. The highest BCUT2D eigenvalue weighted by Crippen LogP contribution is 2.42. The van der Waals surface area contributed by atoms with Gasteiger partial charge in [-0.2, -0.15) is 0 Å². The van der Waals surface area contributed by atoms with Gasteiger partial charge in [-0.3, -0.25) is 0 Å². The van der Waals surface area contributed by atoms with E-state index in [0.29, 0.717) is 17.5 Å². The molecule has 0 aliphatic heterocycles. The van der Waals surface area contributed by atoms with Gasteiger partial charge in [0.1, 0.15) is 11.2 Å². The van der Waals surface area contributed by atoms with Crippen LogP contribution in [0.4, 0.5) is 0 Å². The maximum atomic E-state index is 6.88. The molecule has 0 N–H and O–H groups in total. The molecular weight excluding hydrogens is 767 g/mol. The molecule has 63 heavy (non-hydrogen) atoms. The Morgan fingerprint density at radius 2 is 0.794 bits per heavy atom. The Morgan fingerprint density at radius 3 is 1.56 bits per heavy atom. The van der Waals surface area contributed by atoms with Crippen molar-refractivity contribution >= 4 is 43.5 Å². The Balaban J connectivity index is 1.03. The van der Waals surface area contributed by atoms with Crippen LogP contribution in [0.1, 0.15) is 0 Å². The zero-order chi connectivity index (χ0) is 41.7. The van der Waals surface area contributed by atoms with E-state index < -0.39 is 0 Å². The summed E-state index contributed by atoms with van der Waals surface area (Å²) in [5.74, 6) is 1.79. The van der Waals surface area contributed by atoms with E-state index in [4.69, 9.17) is 19.4 Å². The molecule has 0 radical (unpaired) electrons. The Labute approximate surface area is 364 Å². The average molecular weight is 804 g/mol. The molecule has 2 aromatic heterocycles. The van der Waals surface area contributed by atoms with Crippen molar-refractivity contribution in [1.82, 2.24) is 15.0 Å². The van der Waals surface area contributed by atoms with Crippen molar-refractivity contribution in [3.8, 4) is 78.7 Å². The second kappa shape index (κ2) is 15.2. The lowest BCUT2D eigenvalue weighted by Gasteiger charge is -2.12. The van der Waals surface area contributed by atoms with E-state index in [1.165, 1.54) is 16.3 Å². The number of benzene rings is 10. The minimum absolute atomic E-state index is 0.581.